The Labute approximate surface area is 55.0 Å². The van der Waals surface area contributed by atoms with Crippen LogP contribution in [0.1, 0.15) is 10.5 Å². The quantitative estimate of drug-likeness (QED) is 0.599. The van der Waals surface area contributed by atoms with E-state index in [1.165, 1.54) is 5.51 Å². The van der Waals surface area contributed by atoms with Crippen LogP contribution in [0.15, 0.2) is 5.51 Å². The average Bonchev–Trinajstić information content (AvgIpc) is 2.13. The topological polar surface area (TPSA) is 76.2 Å². The molecule has 9 heavy (non-hydrogen) atoms. The van der Waals surface area contributed by atoms with Gasteiger partial charge in [-0.25, -0.2) is 9.78 Å². The molecule has 0 saturated heterocycles. The van der Waals surface area contributed by atoms with Gasteiger partial charge in [0.1, 0.15) is 5.00 Å². The van der Waals surface area contributed by atoms with Crippen molar-refractivity contribution in [2.45, 2.75) is 0 Å². The first-order valence-corrected chi connectivity index (χ1v) is 3.02. The second-order valence-corrected chi connectivity index (χ2v) is 2.26. The molecule has 5 heteroatoms. The molecule has 0 fully saturated rings. The molecule has 4 nitrogen and oxygen atoms in total. The second kappa shape index (κ2) is 2.02. The molecule has 0 amide bonds. The summed E-state index contributed by atoms with van der Waals surface area (Å²) in [5.74, 6) is -1.08. The summed E-state index contributed by atoms with van der Waals surface area (Å²) in [6.07, 6.45) is 0. The molecule has 0 aliphatic carbocycles. The molecule has 48 valence electrons. The number of carbonyl (C=O) groups is 1. The number of hydrogen-bond acceptors (Lipinski definition) is 4. The van der Waals surface area contributed by atoms with Gasteiger partial charge < -0.3 is 10.8 Å². The normalized spacial score (nSPS) is 9.33. The van der Waals surface area contributed by atoms with Crippen LogP contribution < -0.4 is 5.73 Å². The van der Waals surface area contributed by atoms with Crippen molar-refractivity contribution in [2.75, 3.05) is 5.73 Å². The Kier molecular flexibility index (Phi) is 1.35. The number of anilines is 1. The molecule has 0 atom stereocenters. The molecule has 1 rings (SSSR count). The number of aromatic carboxylic acids is 1. The fraction of sp³-hybridized carbons (Fsp3) is 0. The van der Waals surface area contributed by atoms with Crippen molar-refractivity contribution in [1.82, 2.24) is 4.98 Å². The van der Waals surface area contributed by atoms with Crippen LogP contribution in [-0.4, -0.2) is 16.1 Å². The summed E-state index contributed by atoms with van der Waals surface area (Å²) in [5.41, 5.74) is 6.56. The summed E-state index contributed by atoms with van der Waals surface area (Å²) >= 11 is 1.12. The molecule has 0 unspecified atom stereocenters. The van der Waals surface area contributed by atoms with Crippen LogP contribution in [-0.2, 0) is 0 Å². The number of carboxylic acids is 1. The first-order valence-electron chi connectivity index (χ1n) is 2.14. The number of carboxylic acid groups (broad SMARTS) is 1. The molecule has 0 aromatic carbocycles. The van der Waals surface area contributed by atoms with Gasteiger partial charge in [-0.3, -0.25) is 0 Å². The van der Waals surface area contributed by atoms with Gasteiger partial charge in [-0.2, -0.15) is 0 Å². The summed E-state index contributed by atoms with van der Waals surface area (Å²) in [6.45, 7) is 0. The van der Waals surface area contributed by atoms with Crippen molar-refractivity contribution in [3.05, 3.63) is 11.2 Å². The fourth-order valence-corrected chi connectivity index (χ4v) is 0.939. The number of nitrogen functional groups attached to an aromatic ring is 1. The molecule has 0 bridgehead atoms. The predicted octanol–water partition coefficient (Wildman–Crippen LogP) is 0.424. The largest absolute Gasteiger partial charge is 0.476 e. The van der Waals surface area contributed by atoms with Crippen LogP contribution in [0.5, 0.6) is 0 Å². The van der Waals surface area contributed by atoms with E-state index in [-0.39, 0.29) is 10.7 Å². The highest BCUT2D eigenvalue weighted by Gasteiger charge is 2.08. The van der Waals surface area contributed by atoms with E-state index in [0.29, 0.717) is 0 Å². The van der Waals surface area contributed by atoms with E-state index in [2.05, 4.69) is 4.98 Å². The summed E-state index contributed by atoms with van der Waals surface area (Å²) in [4.78, 5) is 13.7. The lowest BCUT2D eigenvalue weighted by atomic mass is 10.5. The molecule has 0 spiro atoms. The zero-order valence-electron chi connectivity index (χ0n) is 4.37. The Balaban J connectivity index is 3.08. The predicted molar refractivity (Wildman–Crippen MR) is 33.5 cm³/mol. The molecule has 0 aliphatic rings. The molecule has 1 aromatic rings. The Morgan fingerprint density at radius 3 is 2.78 bits per heavy atom. The van der Waals surface area contributed by atoms with Gasteiger partial charge in [0.05, 0.1) is 5.51 Å². The Bertz CT molecular complexity index is 232. The van der Waals surface area contributed by atoms with Gasteiger partial charge in [-0.05, 0) is 0 Å². The van der Waals surface area contributed by atoms with Crippen LogP contribution in [0.25, 0.3) is 0 Å². The van der Waals surface area contributed by atoms with E-state index in [1.54, 1.807) is 0 Å². The average molecular weight is 144 g/mol. The van der Waals surface area contributed by atoms with Crippen molar-refractivity contribution < 1.29 is 9.90 Å². The van der Waals surface area contributed by atoms with Crippen LogP contribution in [0.2, 0.25) is 0 Å². The zero-order valence-corrected chi connectivity index (χ0v) is 5.18. The summed E-state index contributed by atoms with van der Waals surface area (Å²) < 4.78 is 0. The molecule has 1 heterocycles. The lowest BCUT2D eigenvalue weighted by Gasteiger charge is -1.84. The summed E-state index contributed by atoms with van der Waals surface area (Å²) in [6, 6.07) is 0. The molecule has 0 radical (unpaired) electrons. The zero-order chi connectivity index (χ0) is 6.85. The highest BCUT2D eigenvalue weighted by atomic mass is 32.1. The maximum Gasteiger partial charge on any atom is 0.357 e. The minimum Gasteiger partial charge on any atom is -0.476 e. The third-order valence-electron chi connectivity index (χ3n) is 0.797. The van der Waals surface area contributed by atoms with Gasteiger partial charge in [0.25, 0.3) is 0 Å². The van der Waals surface area contributed by atoms with Crippen molar-refractivity contribution in [3.63, 3.8) is 0 Å². The summed E-state index contributed by atoms with van der Waals surface area (Å²) in [5, 5.41) is 8.57. The number of rotatable bonds is 1. The van der Waals surface area contributed by atoms with Gasteiger partial charge in [0, 0.05) is 0 Å². The van der Waals surface area contributed by atoms with E-state index in [0.717, 1.165) is 11.3 Å². The van der Waals surface area contributed by atoms with Crippen LogP contribution >= 0.6 is 11.3 Å². The molecule has 0 aliphatic heterocycles. The number of nitrogens with zero attached hydrogens (tertiary/aromatic N) is 1. The molecule has 3 N–H and O–H groups in total. The van der Waals surface area contributed by atoms with E-state index < -0.39 is 5.97 Å². The molecule has 1 aromatic heterocycles. The van der Waals surface area contributed by atoms with Gasteiger partial charge in [0.2, 0.25) is 0 Å². The molecular weight excluding hydrogens is 140 g/mol. The summed E-state index contributed by atoms with van der Waals surface area (Å²) in [7, 11) is 0. The SMILES string of the molecule is Nc1scnc1C(=O)O. The van der Waals surface area contributed by atoms with Crippen LogP contribution in [0.4, 0.5) is 5.00 Å². The third-order valence-corrected chi connectivity index (χ3v) is 1.46. The monoisotopic (exact) mass is 144 g/mol. The van der Waals surface area contributed by atoms with E-state index >= 15 is 0 Å². The Morgan fingerprint density at radius 2 is 2.56 bits per heavy atom. The van der Waals surface area contributed by atoms with Gasteiger partial charge in [-0.1, -0.05) is 0 Å². The lowest BCUT2D eigenvalue weighted by Crippen LogP contribution is -1.99. The van der Waals surface area contributed by atoms with E-state index in [4.69, 9.17) is 10.8 Å². The minimum atomic E-state index is -1.08. The lowest BCUT2D eigenvalue weighted by molar-refractivity contribution is 0.0692. The smallest absolute Gasteiger partial charge is 0.357 e. The van der Waals surface area contributed by atoms with Crippen molar-refractivity contribution in [2.24, 2.45) is 0 Å². The maximum atomic E-state index is 10.1. The first-order chi connectivity index (χ1) is 4.22. The van der Waals surface area contributed by atoms with Crippen molar-refractivity contribution in [1.29, 1.82) is 0 Å². The van der Waals surface area contributed by atoms with E-state index in [9.17, 15) is 4.79 Å². The third kappa shape index (κ3) is 0.996. The molecule has 0 saturated carbocycles. The highest BCUT2D eigenvalue weighted by molar-refractivity contribution is 7.14. The van der Waals surface area contributed by atoms with Crippen molar-refractivity contribution >= 4 is 22.3 Å². The first kappa shape index (κ1) is 6.03. The van der Waals surface area contributed by atoms with E-state index in [1.807, 2.05) is 0 Å². The Morgan fingerprint density at radius 1 is 1.89 bits per heavy atom. The fourth-order valence-electron chi connectivity index (χ4n) is 0.416. The number of hydrogen-bond donors (Lipinski definition) is 2. The maximum absolute atomic E-state index is 10.1. The second-order valence-electron chi connectivity index (χ2n) is 1.37. The Hall–Kier alpha value is -1.10. The van der Waals surface area contributed by atoms with Gasteiger partial charge >= 0.3 is 5.97 Å². The van der Waals surface area contributed by atoms with Crippen LogP contribution in [0.3, 0.4) is 0 Å². The molecular formula is C4H4N2O2S. The number of nitrogens with two attached hydrogens (primary N) is 1. The highest BCUT2D eigenvalue weighted by Crippen LogP contribution is 2.14. The number of thiazole rings is 1. The number of aromatic nitrogens is 1. The van der Waals surface area contributed by atoms with Gasteiger partial charge in [0.15, 0.2) is 5.69 Å². The minimum absolute atomic E-state index is 0.0556. The standard InChI is InChI=1S/C4H4N2O2S/c5-3-2(4(7)8)6-1-9-3/h1H,5H2,(H,7,8). The van der Waals surface area contributed by atoms with Gasteiger partial charge in [-0.15, -0.1) is 11.3 Å². The van der Waals surface area contributed by atoms with Crippen molar-refractivity contribution in [3.8, 4) is 0 Å². The van der Waals surface area contributed by atoms with Crippen LogP contribution in [0, 0.1) is 0 Å².